The third kappa shape index (κ3) is 2.16. The van der Waals surface area contributed by atoms with Crippen LogP contribution in [0.5, 0.6) is 11.5 Å². The Kier molecular flexibility index (Phi) is 3.78. The number of hydrogen-bond acceptors (Lipinski definition) is 5. The highest BCUT2D eigenvalue weighted by Crippen LogP contribution is 2.45. The van der Waals surface area contributed by atoms with Gasteiger partial charge in [-0.3, -0.25) is 4.79 Å². The number of methoxy groups -OCH3 is 2. The molecule has 0 fully saturated rings. The number of thioether (sulfide) groups is 1. The molecular formula is C13H13NO3S. The second kappa shape index (κ2) is 5.32. The van der Waals surface area contributed by atoms with Crippen LogP contribution in [0, 0.1) is 11.3 Å². The average molecular weight is 263 g/mol. The van der Waals surface area contributed by atoms with Gasteiger partial charge in [-0.15, -0.1) is 11.8 Å². The first-order valence-electron chi connectivity index (χ1n) is 5.53. The van der Waals surface area contributed by atoms with Gasteiger partial charge < -0.3 is 9.47 Å². The molecule has 0 bridgehead atoms. The van der Waals surface area contributed by atoms with E-state index in [2.05, 4.69) is 6.07 Å². The number of fused-ring (bicyclic) bond motifs is 1. The summed E-state index contributed by atoms with van der Waals surface area (Å²) in [5, 5.41) is 8.75. The Hall–Kier alpha value is -1.67. The summed E-state index contributed by atoms with van der Waals surface area (Å²) in [5.74, 6) is 1.24. The third-order valence-electron chi connectivity index (χ3n) is 2.82. The van der Waals surface area contributed by atoms with Crippen LogP contribution in [0.15, 0.2) is 17.0 Å². The molecule has 0 aliphatic carbocycles. The summed E-state index contributed by atoms with van der Waals surface area (Å²) in [6.45, 7) is 0. The lowest BCUT2D eigenvalue weighted by molar-refractivity contribution is 0.0973. The predicted molar refractivity (Wildman–Crippen MR) is 68.4 cm³/mol. The molecule has 1 aromatic carbocycles. The SMILES string of the molecule is COc1ccc(OC)c2c1SC(CC#N)CC2=O. The number of ether oxygens (including phenoxy) is 2. The minimum Gasteiger partial charge on any atom is -0.496 e. The van der Waals surface area contributed by atoms with Crippen LogP contribution in [-0.2, 0) is 0 Å². The van der Waals surface area contributed by atoms with Crippen molar-refractivity contribution in [3.05, 3.63) is 17.7 Å². The summed E-state index contributed by atoms with van der Waals surface area (Å²) in [5.41, 5.74) is 0.580. The third-order valence-corrected chi connectivity index (χ3v) is 4.13. The maximum absolute atomic E-state index is 12.2. The van der Waals surface area contributed by atoms with Gasteiger partial charge in [0.05, 0.1) is 30.7 Å². The number of carbonyl (C=O) groups is 1. The van der Waals surface area contributed by atoms with E-state index in [9.17, 15) is 4.79 Å². The van der Waals surface area contributed by atoms with Gasteiger partial charge in [0.25, 0.3) is 0 Å². The van der Waals surface area contributed by atoms with E-state index in [4.69, 9.17) is 14.7 Å². The van der Waals surface area contributed by atoms with Gasteiger partial charge in [-0.25, -0.2) is 0 Å². The van der Waals surface area contributed by atoms with E-state index in [1.54, 1.807) is 26.4 Å². The van der Waals surface area contributed by atoms with Crippen LogP contribution in [0.4, 0.5) is 0 Å². The molecule has 5 heteroatoms. The first-order chi connectivity index (χ1) is 8.71. The Labute approximate surface area is 110 Å². The van der Waals surface area contributed by atoms with Gasteiger partial charge in [-0.2, -0.15) is 5.26 Å². The monoisotopic (exact) mass is 263 g/mol. The first kappa shape index (κ1) is 12.8. The Balaban J connectivity index is 2.50. The fraction of sp³-hybridized carbons (Fsp3) is 0.385. The van der Waals surface area contributed by atoms with E-state index in [0.29, 0.717) is 29.9 Å². The van der Waals surface area contributed by atoms with Crippen LogP contribution < -0.4 is 9.47 Å². The smallest absolute Gasteiger partial charge is 0.169 e. The molecule has 1 aliphatic rings. The van der Waals surface area contributed by atoms with Crippen LogP contribution in [-0.4, -0.2) is 25.3 Å². The molecule has 2 rings (SSSR count). The van der Waals surface area contributed by atoms with E-state index >= 15 is 0 Å². The van der Waals surface area contributed by atoms with Crippen molar-refractivity contribution in [2.75, 3.05) is 14.2 Å². The Morgan fingerprint density at radius 1 is 1.39 bits per heavy atom. The second-order valence-corrected chi connectivity index (χ2v) is 5.21. The van der Waals surface area contributed by atoms with Gasteiger partial charge in [0, 0.05) is 18.1 Å². The number of nitrogens with zero attached hydrogens (tertiary/aromatic N) is 1. The highest BCUT2D eigenvalue weighted by molar-refractivity contribution is 8.00. The molecule has 1 aromatic rings. The summed E-state index contributed by atoms with van der Waals surface area (Å²) < 4.78 is 10.5. The molecule has 94 valence electrons. The molecule has 4 nitrogen and oxygen atoms in total. The van der Waals surface area contributed by atoms with Gasteiger partial charge in [0.15, 0.2) is 5.78 Å². The summed E-state index contributed by atoms with van der Waals surface area (Å²) >= 11 is 1.52. The van der Waals surface area contributed by atoms with Crippen molar-refractivity contribution in [3.8, 4) is 17.6 Å². The van der Waals surface area contributed by atoms with Crippen LogP contribution in [0.2, 0.25) is 0 Å². The quantitative estimate of drug-likeness (QED) is 0.839. The van der Waals surface area contributed by atoms with Crippen LogP contribution in [0.3, 0.4) is 0 Å². The number of nitriles is 1. The molecule has 0 saturated heterocycles. The van der Waals surface area contributed by atoms with Crippen molar-refractivity contribution in [3.63, 3.8) is 0 Å². The minimum atomic E-state index is -0.00370. The number of benzene rings is 1. The van der Waals surface area contributed by atoms with Crippen LogP contribution in [0.1, 0.15) is 23.2 Å². The molecule has 0 N–H and O–H groups in total. The van der Waals surface area contributed by atoms with Gasteiger partial charge in [0.2, 0.25) is 0 Å². The number of ketones is 1. The predicted octanol–water partition coefficient (Wildman–Crippen LogP) is 2.66. The van der Waals surface area contributed by atoms with E-state index in [1.165, 1.54) is 11.8 Å². The number of rotatable bonds is 3. The molecule has 0 amide bonds. The fourth-order valence-electron chi connectivity index (χ4n) is 1.99. The van der Waals surface area contributed by atoms with Gasteiger partial charge in [0.1, 0.15) is 11.5 Å². The number of hydrogen-bond donors (Lipinski definition) is 0. The zero-order valence-electron chi connectivity index (χ0n) is 10.2. The van der Waals surface area contributed by atoms with E-state index in [1.807, 2.05) is 0 Å². The number of carbonyl (C=O) groups excluding carboxylic acids is 1. The molecule has 18 heavy (non-hydrogen) atoms. The van der Waals surface area contributed by atoms with Crippen molar-refractivity contribution in [2.45, 2.75) is 23.0 Å². The van der Waals surface area contributed by atoms with Crippen molar-refractivity contribution >= 4 is 17.5 Å². The standard InChI is InChI=1S/C13H13NO3S/c1-16-10-3-4-11(17-2)13-12(10)9(15)7-8(18-13)5-6-14/h3-4,8H,5,7H2,1-2H3. The first-order valence-corrected chi connectivity index (χ1v) is 6.41. The second-order valence-electron chi connectivity index (χ2n) is 3.90. The topological polar surface area (TPSA) is 59.3 Å². The lowest BCUT2D eigenvalue weighted by Crippen LogP contribution is -2.18. The van der Waals surface area contributed by atoms with Crippen molar-refractivity contribution in [1.29, 1.82) is 5.26 Å². The molecular weight excluding hydrogens is 250 g/mol. The summed E-state index contributed by atoms with van der Waals surface area (Å²) in [6.07, 6.45) is 0.727. The minimum absolute atomic E-state index is 0.00370. The van der Waals surface area contributed by atoms with Gasteiger partial charge in [-0.1, -0.05) is 0 Å². The molecule has 1 heterocycles. The van der Waals surface area contributed by atoms with E-state index in [-0.39, 0.29) is 11.0 Å². The summed E-state index contributed by atoms with van der Waals surface area (Å²) in [6, 6.07) is 5.63. The normalized spacial score (nSPS) is 17.8. The average Bonchev–Trinajstić information content (AvgIpc) is 2.37. The van der Waals surface area contributed by atoms with Crippen LogP contribution in [0.25, 0.3) is 0 Å². The Bertz CT molecular complexity index is 522. The van der Waals surface area contributed by atoms with Crippen molar-refractivity contribution < 1.29 is 14.3 Å². The lowest BCUT2D eigenvalue weighted by atomic mass is 10.0. The lowest BCUT2D eigenvalue weighted by Gasteiger charge is -2.24. The maximum Gasteiger partial charge on any atom is 0.169 e. The number of Topliss-reactive ketones (excluding diaryl/α,β-unsaturated/α-hetero) is 1. The van der Waals surface area contributed by atoms with E-state index in [0.717, 1.165) is 4.90 Å². The molecule has 0 spiro atoms. The zero-order valence-corrected chi connectivity index (χ0v) is 11.0. The fourth-order valence-corrected chi connectivity index (χ4v) is 3.32. The summed E-state index contributed by atoms with van der Waals surface area (Å²) in [4.78, 5) is 12.9. The molecule has 1 atom stereocenters. The molecule has 1 unspecified atom stereocenters. The molecule has 0 radical (unpaired) electrons. The highest BCUT2D eigenvalue weighted by Gasteiger charge is 2.31. The van der Waals surface area contributed by atoms with Crippen molar-refractivity contribution in [2.24, 2.45) is 0 Å². The highest BCUT2D eigenvalue weighted by atomic mass is 32.2. The Morgan fingerprint density at radius 2 is 2.06 bits per heavy atom. The molecule has 0 aromatic heterocycles. The maximum atomic E-state index is 12.2. The van der Waals surface area contributed by atoms with Crippen LogP contribution >= 0.6 is 11.8 Å². The van der Waals surface area contributed by atoms with Gasteiger partial charge in [-0.05, 0) is 12.1 Å². The zero-order chi connectivity index (χ0) is 13.1. The van der Waals surface area contributed by atoms with Crippen molar-refractivity contribution in [1.82, 2.24) is 0 Å². The van der Waals surface area contributed by atoms with Gasteiger partial charge >= 0.3 is 0 Å². The Morgan fingerprint density at radius 3 is 2.67 bits per heavy atom. The largest absolute Gasteiger partial charge is 0.496 e. The van der Waals surface area contributed by atoms with E-state index < -0.39 is 0 Å². The molecule has 0 saturated carbocycles. The summed E-state index contributed by atoms with van der Waals surface area (Å²) in [7, 11) is 3.11. The molecule has 1 aliphatic heterocycles.